The summed E-state index contributed by atoms with van der Waals surface area (Å²) in [5.74, 6) is 2.00. The molecule has 1 heterocycles. The predicted octanol–water partition coefficient (Wildman–Crippen LogP) is 3.28. The third kappa shape index (κ3) is 4.50. The summed E-state index contributed by atoms with van der Waals surface area (Å²) in [5.41, 5.74) is -0.150. The minimum atomic E-state index is -1.02. The van der Waals surface area contributed by atoms with Crippen LogP contribution in [0.25, 0.3) is 0 Å². The summed E-state index contributed by atoms with van der Waals surface area (Å²) in [6.45, 7) is 7.77. The van der Waals surface area contributed by atoms with Crippen molar-refractivity contribution in [3.8, 4) is 11.5 Å². The average molecular weight is 332 g/mol. The number of amides is 1. The van der Waals surface area contributed by atoms with Crippen LogP contribution in [0.15, 0.2) is 34.9 Å². The number of carbonyl (C=O) groups is 1. The van der Waals surface area contributed by atoms with Crippen LogP contribution in [0.3, 0.4) is 0 Å². The molecule has 0 aliphatic heterocycles. The molecule has 0 radical (unpaired) electrons. The number of nitrogens with one attached hydrogen (secondary N) is 1. The highest BCUT2D eigenvalue weighted by Crippen LogP contribution is 2.22. The van der Waals surface area contributed by atoms with E-state index < -0.39 is 5.60 Å². The molecule has 1 aromatic heterocycles. The Morgan fingerprint density at radius 3 is 2.42 bits per heavy atom. The Bertz CT molecular complexity index is 675. The molecular weight excluding hydrogens is 308 g/mol. The lowest BCUT2D eigenvalue weighted by Gasteiger charge is -2.25. The summed E-state index contributed by atoms with van der Waals surface area (Å²) in [4.78, 5) is 12.4. The fourth-order valence-corrected chi connectivity index (χ4v) is 2.05. The second kappa shape index (κ2) is 7.38. The van der Waals surface area contributed by atoms with Gasteiger partial charge in [0.2, 0.25) is 0 Å². The van der Waals surface area contributed by atoms with Gasteiger partial charge in [0.1, 0.15) is 11.5 Å². The van der Waals surface area contributed by atoms with Gasteiger partial charge in [0.15, 0.2) is 11.4 Å². The lowest BCUT2D eigenvalue weighted by molar-refractivity contribution is -0.134. The van der Waals surface area contributed by atoms with Crippen molar-refractivity contribution in [3.05, 3.63) is 41.8 Å². The Balaban J connectivity index is 1.93. The van der Waals surface area contributed by atoms with Crippen molar-refractivity contribution in [2.24, 2.45) is 0 Å². The summed E-state index contributed by atoms with van der Waals surface area (Å²) in [6, 6.07) is 8.94. The quantitative estimate of drug-likeness (QED) is 0.842. The molecule has 6 nitrogen and oxygen atoms in total. The van der Waals surface area contributed by atoms with Crippen molar-refractivity contribution >= 4 is 5.91 Å². The van der Waals surface area contributed by atoms with E-state index in [9.17, 15) is 4.79 Å². The molecule has 0 saturated carbocycles. The van der Waals surface area contributed by atoms with Crippen molar-refractivity contribution in [1.29, 1.82) is 0 Å². The van der Waals surface area contributed by atoms with Gasteiger partial charge in [-0.25, -0.2) is 0 Å². The largest absolute Gasteiger partial charge is 0.497 e. The molecule has 2 aromatic rings. The lowest BCUT2D eigenvalue weighted by atomic mass is 10.1. The van der Waals surface area contributed by atoms with Crippen molar-refractivity contribution in [2.45, 2.75) is 45.8 Å². The maximum atomic E-state index is 12.4. The van der Waals surface area contributed by atoms with Crippen LogP contribution < -0.4 is 14.8 Å². The van der Waals surface area contributed by atoms with Crippen molar-refractivity contribution in [2.75, 3.05) is 7.11 Å². The Morgan fingerprint density at radius 2 is 1.88 bits per heavy atom. The maximum absolute atomic E-state index is 12.4. The van der Waals surface area contributed by atoms with E-state index in [0.717, 1.165) is 11.4 Å². The molecule has 0 bridgehead atoms. The van der Waals surface area contributed by atoms with Crippen LogP contribution in [-0.4, -0.2) is 23.8 Å². The minimum absolute atomic E-state index is 0.235. The average Bonchev–Trinajstić information content (AvgIpc) is 3.02. The lowest BCUT2D eigenvalue weighted by Crippen LogP contribution is -2.46. The highest BCUT2D eigenvalue weighted by Gasteiger charge is 2.30. The van der Waals surface area contributed by atoms with Gasteiger partial charge >= 0.3 is 0 Å². The second-order valence-electron chi connectivity index (χ2n) is 6.34. The van der Waals surface area contributed by atoms with Gasteiger partial charge in [0, 0.05) is 6.07 Å². The highest BCUT2D eigenvalue weighted by atomic mass is 16.5. The molecule has 24 heavy (non-hydrogen) atoms. The smallest absolute Gasteiger partial charge is 0.263 e. The zero-order chi connectivity index (χ0) is 17.7. The summed E-state index contributed by atoms with van der Waals surface area (Å²) in [5, 5.41) is 6.78. The Morgan fingerprint density at radius 1 is 1.25 bits per heavy atom. The molecule has 0 fully saturated rings. The van der Waals surface area contributed by atoms with Gasteiger partial charge in [-0.1, -0.05) is 19.0 Å². The van der Waals surface area contributed by atoms with Crippen LogP contribution >= 0.6 is 0 Å². The molecule has 0 spiro atoms. The summed E-state index contributed by atoms with van der Waals surface area (Å²) < 4.78 is 16.1. The van der Waals surface area contributed by atoms with E-state index in [0.29, 0.717) is 11.5 Å². The minimum Gasteiger partial charge on any atom is -0.497 e. The Labute approximate surface area is 142 Å². The first-order valence-electron chi connectivity index (χ1n) is 7.88. The first kappa shape index (κ1) is 17.8. The molecule has 0 atom stereocenters. The predicted molar refractivity (Wildman–Crippen MR) is 90.1 cm³/mol. The number of ether oxygens (including phenoxy) is 2. The van der Waals surface area contributed by atoms with Gasteiger partial charge < -0.3 is 19.3 Å². The maximum Gasteiger partial charge on any atom is 0.263 e. The van der Waals surface area contributed by atoms with E-state index >= 15 is 0 Å². The van der Waals surface area contributed by atoms with Crippen LogP contribution in [0.5, 0.6) is 11.5 Å². The number of hydrogen-bond donors (Lipinski definition) is 1. The zero-order valence-corrected chi connectivity index (χ0v) is 14.8. The fourth-order valence-electron chi connectivity index (χ4n) is 2.05. The molecule has 0 aliphatic carbocycles. The van der Waals surface area contributed by atoms with Gasteiger partial charge in [-0.15, -0.1) is 0 Å². The third-order valence-corrected chi connectivity index (χ3v) is 3.57. The van der Waals surface area contributed by atoms with E-state index in [1.54, 1.807) is 45.2 Å². The van der Waals surface area contributed by atoms with Crippen LogP contribution in [0.1, 0.15) is 45.1 Å². The van der Waals surface area contributed by atoms with Gasteiger partial charge in [0.05, 0.1) is 19.3 Å². The highest BCUT2D eigenvalue weighted by molar-refractivity contribution is 5.84. The van der Waals surface area contributed by atoms with Gasteiger partial charge in [0.25, 0.3) is 5.91 Å². The van der Waals surface area contributed by atoms with E-state index in [1.807, 2.05) is 19.9 Å². The Hall–Kier alpha value is -2.50. The number of hydrogen-bond acceptors (Lipinski definition) is 5. The van der Waals surface area contributed by atoms with Gasteiger partial charge in [-0.05, 0) is 44.0 Å². The van der Waals surface area contributed by atoms with Crippen molar-refractivity contribution in [1.82, 2.24) is 10.5 Å². The molecule has 1 amide bonds. The number of carbonyl (C=O) groups excluding carboxylic acids is 1. The normalized spacial score (nSPS) is 11.4. The number of rotatable bonds is 7. The van der Waals surface area contributed by atoms with Crippen molar-refractivity contribution < 1.29 is 18.8 Å². The molecule has 1 aromatic carbocycles. The van der Waals surface area contributed by atoms with E-state index in [2.05, 4.69) is 10.5 Å². The Kier molecular flexibility index (Phi) is 5.49. The first-order chi connectivity index (χ1) is 11.3. The topological polar surface area (TPSA) is 73.6 Å². The SMILES string of the molecule is COc1ccc(OC(C)(C)C(=O)NCc2cc(C(C)C)no2)cc1. The molecule has 6 heteroatoms. The monoisotopic (exact) mass is 332 g/mol. The number of methoxy groups -OCH3 is 1. The first-order valence-corrected chi connectivity index (χ1v) is 7.88. The molecule has 130 valence electrons. The number of aromatic nitrogens is 1. The molecule has 1 N–H and O–H groups in total. The van der Waals surface area contributed by atoms with Gasteiger partial charge in [-0.3, -0.25) is 4.79 Å². The molecule has 2 rings (SSSR count). The summed E-state index contributed by atoms with van der Waals surface area (Å²) in [6.07, 6.45) is 0. The molecule has 0 saturated heterocycles. The molecule has 0 aliphatic rings. The van der Waals surface area contributed by atoms with Crippen molar-refractivity contribution in [3.63, 3.8) is 0 Å². The number of benzene rings is 1. The van der Waals surface area contributed by atoms with Crippen LogP contribution in [0, 0.1) is 0 Å². The zero-order valence-electron chi connectivity index (χ0n) is 14.8. The fraction of sp³-hybridized carbons (Fsp3) is 0.444. The van der Waals surface area contributed by atoms with Gasteiger partial charge in [-0.2, -0.15) is 0 Å². The van der Waals surface area contributed by atoms with E-state index in [-0.39, 0.29) is 18.4 Å². The van der Waals surface area contributed by atoms with E-state index in [4.69, 9.17) is 14.0 Å². The van der Waals surface area contributed by atoms with Crippen LogP contribution in [0.4, 0.5) is 0 Å². The van der Waals surface area contributed by atoms with Crippen LogP contribution in [-0.2, 0) is 11.3 Å². The number of nitrogens with zero attached hydrogens (tertiary/aromatic N) is 1. The second-order valence-corrected chi connectivity index (χ2v) is 6.34. The van der Waals surface area contributed by atoms with E-state index in [1.165, 1.54) is 0 Å². The third-order valence-electron chi connectivity index (χ3n) is 3.57. The van der Waals surface area contributed by atoms with Crippen LogP contribution in [0.2, 0.25) is 0 Å². The summed E-state index contributed by atoms with van der Waals surface area (Å²) >= 11 is 0. The molecular formula is C18H24N2O4. The summed E-state index contributed by atoms with van der Waals surface area (Å²) in [7, 11) is 1.60. The standard InChI is InChI=1S/C18H24N2O4/c1-12(2)16-10-15(24-20-16)11-19-17(21)18(3,4)23-14-8-6-13(22-5)7-9-14/h6-10,12H,11H2,1-5H3,(H,19,21). The molecule has 0 unspecified atom stereocenters.